The molecule has 1 N–H and O–H groups in total. The van der Waals surface area contributed by atoms with Gasteiger partial charge >= 0.3 is 0 Å². The molecule has 2 aliphatic rings. The van der Waals surface area contributed by atoms with Crippen molar-refractivity contribution < 1.29 is 4.74 Å². The summed E-state index contributed by atoms with van der Waals surface area (Å²) in [5, 5.41) is 3.46. The normalized spacial score (nSPS) is 20.7. The molecular weight excluding hydrogens is 258 g/mol. The van der Waals surface area contributed by atoms with Gasteiger partial charge in [-0.2, -0.15) is 0 Å². The predicted molar refractivity (Wildman–Crippen MR) is 84.8 cm³/mol. The first-order valence-electron chi connectivity index (χ1n) is 7.88. The average molecular weight is 279 g/mol. The van der Waals surface area contributed by atoms with E-state index in [-0.39, 0.29) is 12.1 Å². The van der Waals surface area contributed by atoms with Gasteiger partial charge in [-0.3, -0.25) is 0 Å². The van der Waals surface area contributed by atoms with E-state index in [1.165, 1.54) is 41.5 Å². The fraction of sp³-hybridized carbons (Fsp3) is 0.368. The number of benzene rings is 2. The lowest BCUT2D eigenvalue weighted by molar-refractivity contribution is 0.183. The number of hydrogen-bond acceptors (Lipinski definition) is 2. The molecule has 0 amide bonds. The molecule has 4 rings (SSSR count). The van der Waals surface area contributed by atoms with E-state index in [0.29, 0.717) is 0 Å². The van der Waals surface area contributed by atoms with Crippen molar-refractivity contribution >= 4 is 0 Å². The van der Waals surface area contributed by atoms with Crippen LogP contribution in [0.25, 0.3) is 0 Å². The molecule has 2 heteroatoms. The monoisotopic (exact) mass is 279 g/mol. The molecule has 21 heavy (non-hydrogen) atoms. The van der Waals surface area contributed by atoms with Crippen LogP contribution in [0, 0.1) is 0 Å². The molecule has 0 radical (unpaired) electrons. The van der Waals surface area contributed by atoms with Crippen molar-refractivity contribution in [3.8, 4) is 5.75 Å². The summed E-state index contributed by atoms with van der Waals surface area (Å²) in [6.45, 7) is 0. The molecule has 0 spiro atoms. The zero-order valence-corrected chi connectivity index (χ0v) is 12.4. The molecule has 0 saturated heterocycles. The Morgan fingerprint density at radius 1 is 1.05 bits per heavy atom. The quantitative estimate of drug-likeness (QED) is 0.929. The number of likely N-dealkylation sites (N-methyl/N-ethyl adjacent to an activating group) is 1. The van der Waals surface area contributed by atoms with E-state index in [0.717, 1.165) is 12.2 Å². The molecule has 1 heterocycles. The molecule has 2 aromatic carbocycles. The molecular formula is C19H21NO. The topological polar surface area (TPSA) is 21.3 Å². The highest BCUT2D eigenvalue weighted by molar-refractivity contribution is 5.40. The van der Waals surface area contributed by atoms with Gasteiger partial charge in [-0.25, -0.2) is 0 Å². The second-order valence-electron chi connectivity index (χ2n) is 6.12. The molecule has 1 aliphatic heterocycles. The number of fused-ring (bicyclic) bond motifs is 2. The average Bonchev–Trinajstić information content (AvgIpc) is 3.13. The zero-order chi connectivity index (χ0) is 14.2. The van der Waals surface area contributed by atoms with Crippen LogP contribution >= 0.6 is 0 Å². The van der Waals surface area contributed by atoms with Crippen LogP contribution in [0.15, 0.2) is 42.5 Å². The summed E-state index contributed by atoms with van der Waals surface area (Å²) in [4.78, 5) is 0. The highest BCUT2D eigenvalue weighted by atomic mass is 16.5. The molecule has 2 unspecified atom stereocenters. The summed E-state index contributed by atoms with van der Waals surface area (Å²) in [7, 11) is 2.03. The van der Waals surface area contributed by atoms with E-state index in [4.69, 9.17) is 4.74 Å². The van der Waals surface area contributed by atoms with Gasteiger partial charge in [-0.05, 0) is 54.6 Å². The highest BCUT2D eigenvalue weighted by Gasteiger charge is 2.30. The highest BCUT2D eigenvalue weighted by Crippen LogP contribution is 2.35. The van der Waals surface area contributed by atoms with Gasteiger partial charge in [-0.15, -0.1) is 0 Å². The first-order chi connectivity index (χ1) is 10.3. The van der Waals surface area contributed by atoms with Crippen molar-refractivity contribution in [2.45, 2.75) is 37.8 Å². The van der Waals surface area contributed by atoms with Crippen molar-refractivity contribution in [3.05, 3.63) is 64.7 Å². The lowest BCUT2D eigenvalue weighted by atomic mass is 9.95. The Morgan fingerprint density at radius 2 is 1.90 bits per heavy atom. The van der Waals surface area contributed by atoms with E-state index in [1.807, 2.05) is 13.1 Å². The van der Waals surface area contributed by atoms with Crippen LogP contribution < -0.4 is 10.1 Å². The Bertz CT molecular complexity index is 639. The van der Waals surface area contributed by atoms with Crippen molar-refractivity contribution in [1.29, 1.82) is 0 Å². The zero-order valence-electron chi connectivity index (χ0n) is 12.4. The van der Waals surface area contributed by atoms with Gasteiger partial charge in [0.25, 0.3) is 0 Å². The maximum absolute atomic E-state index is 6.17. The van der Waals surface area contributed by atoms with Gasteiger partial charge < -0.3 is 10.1 Å². The second-order valence-corrected chi connectivity index (χ2v) is 6.12. The maximum Gasteiger partial charge on any atom is 0.123 e. The van der Waals surface area contributed by atoms with Gasteiger partial charge in [0.15, 0.2) is 0 Å². The van der Waals surface area contributed by atoms with Gasteiger partial charge in [0.2, 0.25) is 0 Å². The van der Waals surface area contributed by atoms with Crippen LogP contribution in [0.1, 0.15) is 34.7 Å². The summed E-state index contributed by atoms with van der Waals surface area (Å²) < 4.78 is 6.17. The van der Waals surface area contributed by atoms with Gasteiger partial charge in [0.1, 0.15) is 11.9 Å². The van der Waals surface area contributed by atoms with Crippen LogP contribution in [0.3, 0.4) is 0 Å². The van der Waals surface area contributed by atoms with Crippen molar-refractivity contribution in [3.63, 3.8) is 0 Å². The molecule has 2 aromatic rings. The molecule has 2 nitrogen and oxygen atoms in total. The minimum Gasteiger partial charge on any atom is -0.488 e. The van der Waals surface area contributed by atoms with Gasteiger partial charge in [0.05, 0.1) is 6.04 Å². The standard InChI is InChI=1S/C19H21NO/c1-20-19(16-10-9-13-6-4-7-14(13)11-16)18-12-15-5-2-3-8-17(15)21-18/h2-3,5,8-11,18-20H,4,6-7,12H2,1H3. The Labute approximate surface area is 126 Å². The third-order valence-corrected chi connectivity index (χ3v) is 4.84. The van der Waals surface area contributed by atoms with Crippen molar-refractivity contribution in [1.82, 2.24) is 5.32 Å². The van der Waals surface area contributed by atoms with Crippen LogP contribution in [0.4, 0.5) is 0 Å². The minimum absolute atomic E-state index is 0.187. The van der Waals surface area contributed by atoms with Gasteiger partial charge in [-0.1, -0.05) is 36.4 Å². The molecule has 0 saturated carbocycles. The fourth-order valence-corrected chi connectivity index (χ4v) is 3.75. The van der Waals surface area contributed by atoms with Gasteiger partial charge in [0, 0.05) is 6.42 Å². The maximum atomic E-state index is 6.17. The number of rotatable bonds is 3. The fourth-order valence-electron chi connectivity index (χ4n) is 3.75. The van der Waals surface area contributed by atoms with Crippen molar-refractivity contribution in [2.75, 3.05) is 7.05 Å². The molecule has 108 valence electrons. The Morgan fingerprint density at radius 3 is 2.76 bits per heavy atom. The first-order valence-corrected chi connectivity index (χ1v) is 7.88. The van der Waals surface area contributed by atoms with Crippen LogP contribution in [-0.4, -0.2) is 13.2 Å². The molecule has 2 atom stereocenters. The number of para-hydroxylation sites is 1. The lowest BCUT2D eigenvalue weighted by Crippen LogP contribution is -2.32. The number of nitrogens with one attached hydrogen (secondary N) is 1. The van der Waals surface area contributed by atoms with E-state index >= 15 is 0 Å². The SMILES string of the molecule is CNC(c1ccc2c(c1)CCC2)C1Cc2ccccc2O1. The van der Waals surface area contributed by atoms with Crippen LogP contribution in [0.5, 0.6) is 5.75 Å². The smallest absolute Gasteiger partial charge is 0.123 e. The van der Waals surface area contributed by atoms with E-state index in [9.17, 15) is 0 Å². The first kappa shape index (κ1) is 12.9. The number of ether oxygens (including phenoxy) is 1. The van der Waals surface area contributed by atoms with E-state index in [2.05, 4.69) is 41.7 Å². The molecule has 0 bridgehead atoms. The predicted octanol–water partition coefficient (Wildman–Crippen LogP) is 3.44. The third kappa shape index (κ3) is 2.24. The second kappa shape index (κ2) is 5.19. The van der Waals surface area contributed by atoms with Crippen LogP contribution in [0.2, 0.25) is 0 Å². The largest absolute Gasteiger partial charge is 0.488 e. The lowest BCUT2D eigenvalue weighted by Gasteiger charge is -2.24. The van der Waals surface area contributed by atoms with E-state index in [1.54, 1.807) is 0 Å². The molecule has 0 fully saturated rings. The summed E-state index contributed by atoms with van der Waals surface area (Å²) >= 11 is 0. The minimum atomic E-state index is 0.187. The summed E-state index contributed by atoms with van der Waals surface area (Å²) in [6.07, 6.45) is 4.94. The Hall–Kier alpha value is -1.80. The third-order valence-electron chi connectivity index (χ3n) is 4.84. The Kier molecular flexibility index (Phi) is 3.19. The van der Waals surface area contributed by atoms with Crippen molar-refractivity contribution in [2.24, 2.45) is 0 Å². The summed E-state index contributed by atoms with van der Waals surface area (Å²) in [5.41, 5.74) is 5.74. The molecule has 0 aromatic heterocycles. The van der Waals surface area contributed by atoms with E-state index < -0.39 is 0 Å². The van der Waals surface area contributed by atoms with Crippen LogP contribution in [-0.2, 0) is 19.3 Å². The number of hydrogen-bond donors (Lipinski definition) is 1. The summed E-state index contributed by atoms with van der Waals surface area (Å²) in [6, 6.07) is 15.6. The summed E-state index contributed by atoms with van der Waals surface area (Å²) in [5.74, 6) is 1.05. The molecule has 1 aliphatic carbocycles. The number of aryl methyl sites for hydroxylation is 2. The Balaban J connectivity index is 1.61.